The lowest BCUT2D eigenvalue weighted by Gasteiger charge is -2.13. The Morgan fingerprint density at radius 3 is 2.53 bits per heavy atom. The molecule has 0 unspecified atom stereocenters. The maximum atomic E-state index is 11.1. The van der Waals surface area contributed by atoms with Crippen molar-refractivity contribution >= 4 is 21.8 Å². The number of amides is 1. The van der Waals surface area contributed by atoms with Crippen LogP contribution >= 0.6 is 15.9 Å². The Kier molecular flexibility index (Phi) is 4.62. The Bertz CT molecular complexity index is 324. The highest BCUT2D eigenvalue weighted by Crippen LogP contribution is 2.17. The van der Waals surface area contributed by atoms with Crippen LogP contribution in [0.1, 0.15) is 18.5 Å². The minimum absolute atomic E-state index is 0.0148. The molecular weight excluding hydrogens is 258 g/mol. The first kappa shape index (κ1) is 12.0. The smallest absolute Gasteiger partial charge is 0.231 e. The molecule has 0 radical (unpaired) electrons. The molecule has 3 nitrogen and oxygen atoms in total. The summed E-state index contributed by atoms with van der Waals surface area (Å²) >= 11 is 3.11. The van der Waals surface area contributed by atoms with E-state index in [0.717, 1.165) is 11.3 Å². The predicted octanol–water partition coefficient (Wildman–Crippen LogP) is 2.27. The minimum Gasteiger partial charge on any atom is -0.497 e. The molecule has 1 aromatic rings. The molecule has 1 atom stereocenters. The molecule has 0 aliphatic carbocycles. The fourth-order valence-corrected chi connectivity index (χ4v) is 1.42. The van der Waals surface area contributed by atoms with E-state index in [-0.39, 0.29) is 11.9 Å². The average Bonchev–Trinajstić information content (AvgIpc) is 2.29. The second-order valence-electron chi connectivity index (χ2n) is 3.20. The van der Waals surface area contributed by atoms with Crippen LogP contribution in [-0.4, -0.2) is 18.3 Å². The highest BCUT2D eigenvalue weighted by molar-refractivity contribution is 9.09. The Labute approximate surface area is 97.9 Å². The Morgan fingerprint density at radius 1 is 1.47 bits per heavy atom. The summed E-state index contributed by atoms with van der Waals surface area (Å²) in [4.78, 5) is 11.1. The van der Waals surface area contributed by atoms with Crippen LogP contribution in [0.25, 0.3) is 0 Å². The van der Waals surface area contributed by atoms with Gasteiger partial charge in [-0.15, -0.1) is 0 Å². The minimum atomic E-state index is -0.0154. The van der Waals surface area contributed by atoms with Crippen molar-refractivity contribution < 1.29 is 9.53 Å². The van der Waals surface area contributed by atoms with Gasteiger partial charge in [-0.05, 0) is 24.6 Å². The number of hydrogen-bond acceptors (Lipinski definition) is 2. The van der Waals surface area contributed by atoms with Gasteiger partial charge < -0.3 is 10.1 Å². The number of hydrogen-bond donors (Lipinski definition) is 1. The van der Waals surface area contributed by atoms with Crippen LogP contribution in [0.3, 0.4) is 0 Å². The maximum absolute atomic E-state index is 11.1. The fourth-order valence-electron chi connectivity index (χ4n) is 1.26. The Hall–Kier alpha value is -1.03. The van der Waals surface area contributed by atoms with Crippen molar-refractivity contribution in [3.8, 4) is 5.75 Å². The van der Waals surface area contributed by atoms with Gasteiger partial charge >= 0.3 is 0 Å². The third kappa shape index (κ3) is 3.55. The number of nitrogens with one attached hydrogen (secondary N) is 1. The molecule has 82 valence electrons. The lowest BCUT2D eigenvalue weighted by molar-refractivity contribution is -0.119. The zero-order valence-corrected chi connectivity index (χ0v) is 10.4. The fraction of sp³-hybridized carbons (Fsp3) is 0.364. The summed E-state index contributed by atoms with van der Waals surface area (Å²) in [7, 11) is 1.63. The van der Waals surface area contributed by atoms with Gasteiger partial charge in [0, 0.05) is 0 Å². The molecular formula is C11H14BrNO2. The van der Waals surface area contributed by atoms with Crippen LogP contribution < -0.4 is 10.1 Å². The zero-order chi connectivity index (χ0) is 11.3. The highest BCUT2D eigenvalue weighted by Gasteiger charge is 2.07. The monoisotopic (exact) mass is 271 g/mol. The molecule has 1 rings (SSSR count). The SMILES string of the molecule is COc1ccc([C@H](C)NC(=O)CBr)cc1. The van der Waals surface area contributed by atoms with Gasteiger partial charge in [0.2, 0.25) is 5.91 Å². The average molecular weight is 272 g/mol. The van der Waals surface area contributed by atoms with E-state index in [2.05, 4.69) is 21.2 Å². The number of carbonyl (C=O) groups is 1. The van der Waals surface area contributed by atoms with E-state index in [0.29, 0.717) is 5.33 Å². The molecule has 0 heterocycles. The zero-order valence-electron chi connectivity index (χ0n) is 8.79. The number of alkyl halides is 1. The van der Waals surface area contributed by atoms with E-state index in [1.54, 1.807) is 7.11 Å². The lowest BCUT2D eigenvalue weighted by atomic mass is 10.1. The standard InChI is InChI=1S/C11H14BrNO2/c1-8(13-11(14)7-12)9-3-5-10(15-2)6-4-9/h3-6,8H,7H2,1-2H3,(H,13,14)/t8-/m0/s1. The van der Waals surface area contributed by atoms with Crippen molar-refractivity contribution in [3.63, 3.8) is 0 Å². The molecule has 0 aromatic heterocycles. The third-order valence-corrected chi connectivity index (χ3v) is 2.62. The van der Waals surface area contributed by atoms with Gasteiger partial charge in [0.25, 0.3) is 0 Å². The lowest BCUT2D eigenvalue weighted by Crippen LogP contribution is -2.27. The largest absolute Gasteiger partial charge is 0.497 e. The van der Waals surface area contributed by atoms with Crippen LogP contribution in [0.15, 0.2) is 24.3 Å². The second-order valence-corrected chi connectivity index (χ2v) is 3.76. The number of ether oxygens (including phenoxy) is 1. The molecule has 1 N–H and O–H groups in total. The summed E-state index contributed by atoms with van der Waals surface area (Å²) < 4.78 is 5.06. The Balaban J connectivity index is 2.65. The first-order chi connectivity index (χ1) is 7.17. The predicted molar refractivity (Wildman–Crippen MR) is 63.3 cm³/mol. The van der Waals surface area contributed by atoms with E-state index >= 15 is 0 Å². The molecule has 0 fully saturated rings. The quantitative estimate of drug-likeness (QED) is 0.854. The highest BCUT2D eigenvalue weighted by atomic mass is 79.9. The molecule has 0 spiro atoms. The van der Waals surface area contributed by atoms with Crippen molar-refractivity contribution in [1.82, 2.24) is 5.32 Å². The van der Waals surface area contributed by atoms with Crippen molar-refractivity contribution in [3.05, 3.63) is 29.8 Å². The number of methoxy groups -OCH3 is 1. The molecule has 0 saturated carbocycles. The summed E-state index contributed by atoms with van der Waals surface area (Å²) in [5, 5.41) is 3.18. The van der Waals surface area contributed by atoms with Crippen molar-refractivity contribution in [2.24, 2.45) is 0 Å². The molecule has 1 amide bonds. The summed E-state index contributed by atoms with van der Waals surface area (Å²) in [5.41, 5.74) is 1.06. The van der Waals surface area contributed by atoms with Gasteiger partial charge in [0.1, 0.15) is 5.75 Å². The van der Waals surface area contributed by atoms with Gasteiger partial charge in [0.05, 0.1) is 18.5 Å². The Morgan fingerprint density at radius 2 is 2.07 bits per heavy atom. The van der Waals surface area contributed by atoms with E-state index < -0.39 is 0 Å². The van der Waals surface area contributed by atoms with Gasteiger partial charge in [-0.3, -0.25) is 4.79 Å². The van der Waals surface area contributed by atoms with E-state index in [9.17, 15) is 4.79 Å². The summed E-state index contributed by atoms with van der Waals surface area (Å²) in [5.74, 6) is 0.802. The van der Waals surface area contributed by atoms with Crippen molar-refractivity contribution in [1.29, 1.82) is 0 Å². The number of benzene rings is 1. The van der Waals surface area contributed by atoms with Crippen LogP contribution in [0.5, 0.6) is 5.75 Å². The molecule has 0 aliphatic heterocycles. The topological polar surface area (TPSA) is 38.3 Å². The summed E-state index contributed by atoms with van der Waals surface area (Å²) in [6.07, 6.45) is 0. The second kappa shape index (κ2) is 5.75. The van der Waals surface area contributed by atoms with Gasteiger partial charge in [-0.25, -0.2) is 0 Å². The van der Waals surface area contributed by atoms with E-state index in [1.807, 2.05) is 31.2 Å². The molecule has 0 aliphatic rings. The number of halogens is 1. The van der Waals surface area contributed by atoms with E-state index in [4.69, 9.17) is 4.74 Å². The molecule has 4 heteroatoms. The summed E-state index contributed by atoms with van der Waals surface area (Å²) in [6.45, 7) is 1.95. The molecule has 15 heavy (non-hydrogen) atoms. The molecule has 0 bridgehead atoms. The number of rotatable bonds is 4. The van der Waals surface area contributed by atoms with E-state index in [1.165, 1.54) is 0 Å². The molecule has 1 aromatic carbocycles. The van der Waals surface area contributed by atoms with Crippen LogP contribution in [0.4, 0.5) is 0 Å². The van der Waals surface area contributed by atoms with Crippen LogP contribution in [0.2, 0.25) is 0 Å². The van der Waals surface area contributed by atoms with Crippen LogP contribution in [-0.2, 0) is 4.79 Å². The van der Waals surface area contributed by atoms with Gasteiger partial charge in [-0.1, -0.05) is 28.1 Å². The first-order valence-corrected chi connectivity index (χ1v) is 5.78. The molecule has 0 saturated heterocycles. The van der Waals surface area contributed by atoms with Crippen molar-refractivity contribution in [2.75, 3.05) is 12.4 Å². The maximum Gasteiger partial charge on any atom is 0.231 e. The summed E-state index contributed by atoms with van der Waals surface area (Å²) in [6, 6.07) is 7.66. The third-order valence-electron chi connectivity index (χ3n) is 2.11. The number of carbonyl (C=O) groups excluding carboxylic acids is 1. The van der Waals surface area contributed by atoms with Crippen LogP contribution in [0, 0.1) is 0 Å². The first-order valence-electron chi connectivity index (χ1n) is 4.66. The van der Waals surface area contributed by atoms with Crippen molar-refractivity contribution in [2.45, 2.75) is 13.0 Å². The van der Waals surface area contributed by atoms with Gasteiger partial charge in [0.15, 0.2) is 0 Å². The normalized spacial score (nSPS) is 11.9. The van der Waals surface area contributed by atoms with Gasteiger partial charge in [-0.2, -0.15) is 0 Å².